The van der Waals surface area contributed by atoms with Gasteiger partial charge >= 0.3 is 0 Å². The fourth-order valence-corrected chi connectivity index (χ4v) is 2.61. The molecular formula is C15H26N4O2. The summed E-state index contributed by atoms with van der Waals surface area (Å²) in [5.41, 5.74) is 0.558. The second-order valence-corrected chi connectivity index (χ2v) is 6.56. The van der Waals surface area contributed by atoms with Crippen LogP contribution in [0.2, 0.25) is 0 Å². The maximum Gasteiger partial charge on any atom is 0.239 e. The zero-order chi connectivity index (χ0) is 15.6. The zero-order valence-electron chi connectivity index (χ0n) is 13.7. The van der Waals surface area contributed by atoms with Gasteiger partial charge in [0.15, 0.2) is 0 Å². The molecule has 1 N–H and O–H groups in total. The molecule has 6 heteroatoms. The molecule has 0 aliphatic carbocycles. The van der Waals surface area contributed by atoms with Crippen LogP contribution in [-0.2, 0) is 18.4 Å². The van der Waals surface area contributed by atoms with Gasteiger partial charge in [0.05, 0.1) is 19.2 Å². The molecule has 1 fully saturated rings. The van der Waals surface area contributed by atoms with E-state index in [1.165, 1.54) is 12.8 Å². The van der Waals surface area contributed by atoms with Gasteiger partial charge in [0.1, 0.15) is 5.82 Å². The molecular weight excluding hydrogens is 268 g/mol. The van der Waals surface area contributed by atoms with Crippen molar-refractivity contribution in [2.45, 2.75) is 40.2 Å². The van der Waals surface area contributed by atoms with Crippen LogP contribution in [0.4, 0.5) is 5.82 Å². The van der Waals surface area contributed by atoms with Crippen molar-refractivity contribution in [3.8, 4) is 5.88 Å². The molecule has 6 nitrogen and oxygen atoms in total. The zero-order valence-corrected chi connectivity index (χ0v) is 13.7. The van der Waals surface area contributed by atoms with Crippen molar-refractivity contribution in [3.05, 3.63) is 5.56 Å². The van der Waals surface area contributed by atoms with Crippen molar-refractivity contribution >= 4 is 11.7 Å². The smallest absolute Gasteiger partial charge is 0.239 e. The first-order valence-corrected chi connectivity index (χ1v) is 7.47. The molecule has 1 aromatic heterocycles. The lowest BCUT2D eigenvalue weighted by molar-refractivity contribution is -0.128. The fraction of sp³-hybridized carbons (Fsp3) is 0.733. The fourth-order valence-electron chi connectivity index (χ4n) is 2.61. The van der Waals surface area contributed by atoms with Crippen LogP contribution in [0.15, 0.2) is 0 Å². The van der Waals surface area contributed by atoms with Crippen molar-refractivity contribution in [2.24, 2.45) is 12.5 Å². The molecule has 2 rings (SSSR count). The van der Waals surface area contributed by atoms with Crippen LogP contribution in [-0.4, -0.2) is 35.9 Å². The normalized spacial score (nSPS) is 15.4. The van der Waals surface area contributed by atoms with Crippen molar-refractivity contribution in [2.75, 3.05) is 25.1 Å². The second-order valence-electron chi connectivity index (χ2n) is 6.56. The SMILES string of the molecule is COc1nn(C)c(N2CCCC2)c1CNC(=O)C(C)(C)C. The largest absolute Gasteiger partial charge is 0.480 e. The highest BCUT2D eigenvalue weighted by atomic mass is 16.5. The number of hydrogen-bond acceptors (Lipinski definition) is 4. The standard InChI is InChI=1S/C15H26N4O2/c1-15(2,3)14(20)16-10-11-12(21-5)17-18(4)13(11)19-8-6-7-9-19/h6-10H2,1-5H3,(H,16,20). The predicted molar refractivity (Wildman–Crippen MR) is 82.5 cm³/mol. The van der Waals surface area contributed by atoms with Crippen LogP contribution in [0.3, 0.4) is 0 Å². The van der Waals surface area contributed by atoms with Gasteiger partial charge in [-0.1, -0.05) is 20.8 Å². The number of methoxy groups -OCH3 is 1. The first-order chi connectivity index (χ1) is 9.84. The summed E-state index contributed by atoms with van der Waals surface area (Å²) in [6.07, 6.45) is 2.39. The van der Waals surface area contributed by atoms with E-state index in [1.54, 1.807) is 7.11 Å². The van der Waals surface area contributed by atoms with Crippen LogP contribution < -0.4 is 15.0 Å². The number of hydrogen-bond donors (Lipinski definition) is 1. The van der Waals surface area contributed by atoms with E-state index in [0.717, 1.165) is 24.5 Å². The van der Waals surface area contributed by atoms with Gasteiger partial charge in [-0.05, 0) is 12.8 Å². The van der Waals surface area contributed by atoms with Gasteiger partial charge in [0.25, 0.3) is 0 Å². The summed E-state index contributed by atoms with van der Waals surface area (Å²) in [5, 5.41) is 7.41. The lowest BCUT2D eigenvalue weighted by Gasteiger charge is -2.21. The van der Waals surface area contributed by atoms with E-state index in [4.69, 9.17) is 4.74 Å². The number of nitrogens with one attached hydrogen (secondary N) is 1. The minimum atomic E-state index is -0.400. The summed E-state index contributed by atoms with van der Waals surface area (Å²) >= 11 is 0. The van der Waals surface area contributed by atoms with Gasteiger partial charge < -0.3 is 15.0 Å². The molecule has 1 saturated heterocycles. The van der Waals surface area contributed by atoms with Gasteiger partial charge in [-0.15, -0.1) is 5.10 Å². The van der Waals surface area contributed by atoms with E-state index in [1.807, 2.05) is 32.5 Å². The molecule has 0 spiro atoms. The van der Waals surface area contributed by atoms with Crippen LogP contribution in [0.25, 0.3) is 0 Å². The Hall–Kier alpha value is -1.72. The monoisotopic (exact) mass is 294 g/mol. The minimum absolute atomic E-state index is 0.0285. The quantitative estimate of drug-likeness (QED) is 0.918. The molecule has 1 amide bonds. The molecule has 0 saturated carbocycles. The summed E-state index contributed by atoms with van der Waals surface area (Å²) in [6.45, 7) is 8.23. The Kier molecular flexibility index (Phi) is 4.44. The number of aromatic nitrogens is 2. The van der Waals surface area contributed by atoms with Crippen molar-refractivity contribution < 1.29 is 9.53 Å². The molecule has 0 bridgehead atoms. The van der Waals surface area contributed by atoms with E-state index in [-0.39, 0.29) is 5.91 Å². The van der Waals surface area contributed by atoms with Gasteiger partial charge in [-0.3, -0.25) is 4.79 Å². The van der Waals surface area contributed by atoms with Crippen LogP contribution >= 0.6 is 0 Å². The van der Waals surface area contributed by atoms with E-state index in [0.29, 0.717) is 12.4 Å². The molecule has 1 aromatic rings. The molecule has 0 aromatic carbocycles. The number of carbonyl (C=O) groups is 1. The Morgan fingerprint density at radius 2 is 1.95 bits per heavy atom. The topological polar surface area (TPSA) is 59.4 Å². The van der Waals surface area contributed by atoms with Gasteiger partial charge in [0, 0.05) is 25.6 Å². The highest BCUT2D eigenvalue weighted by Crippen LogP contribution is 2.31. The van der Waals surface area contributed by atoms with Gasteiger partial charge in [-0.25, -0.2) is 4.68 Å². The molecule has 2 heterocycles. The second kappa shape index (κ2) is 5.95. The summed E-state index contributed by atoms with van der Waals surface area (Å²) in [4.78, 5) is 14.4. The van der Waals surface area contributed by atoms with Crippen LogP contribution in [0.5, 0.6) is 5.88 Å². The Labute approximate surface area is 126 Å². The van der Waals surface area contributed by atoms with Crippen molar-refractivity contribution in [1.29, 1.82) is 0 Å². The molecule has 118 valence electrons. The van der Waals surface area contributed by atoms with E-state index in [2.05, 4.69) is 15.3 Å². The third-order valence-corrected chi connectivity index (χ3v) is 3.78. The van der Waals surface area contributed by atoms with Gasteiger partial charge in [0.2, 0.25) is 11.8 Å². The molecule has 0 atom stereocenters. The van der Waals surface area contributed by atoms with Crippen LogP contribution in [0.1, 0.15) is 39.2 Å². The van der Waals surface area contributed by atoms with E-state index >= 15 is 0 Å². The summed E-state index contributed by atoms with van der Waals surface area (Å²) in [5.74, 6) is 1.67. The average Bonchev–Trinajstić information content (AvgIpc) is 3.01. The number of ether oxygens (including phenoxy) is 1. The number of amides is 1. The first kappa shape index (κ1) is 15.7. The van der Waals surface area contributed by atoms with Crippen molar-refractivity contribution in [3.63, 3.8) is 0 Å². The predicted octanol–water partition coefficient (Wildman–Crippen LogP) is 1.69. The highest BCUT2D eigenvalue weighted by molar-refractivity contribution is 5.81. The molecule has 21 heavy (non-hydrogen) atoms. The third kappa shape index (κ3) is 3.31. The summed E-state index contributed by atoms with van der Waals surface area (Å²) in [7, 11) is 3.54. The molecule has 1 aliphatic rings. The highest BCUT2D eigenvalue weighted by Gasteiger charge is 2.26. The van der Waals surface area contributed by atoms with Crippen LogP contribution in [0, 0.1) is 5.41 Å². The number of aryl methyl sites for hydroxylation is 1. The maximum absolute atomic E-state index is 12.1. The maximum atomic E-state index is 12.1. The molecule has 0 unspecified atom stereocenters. The Balaban J connectivity index is 2.22. The Morgan fingerprint density at radius 1 is 1.33 bits per heavy atom. The van der Waals surface area contributed by atoms with Gasteiger partial charge in [-0.2, -0.15) is 0 Å². The van der Waals surface area contributed by atoms with E-state index < -0.39 is 5.41 Å². The Bertz CT molecular complexity index is 510. The summed E-state index contributed by atoms with van der Waals surface area (Å²) < 4.78 is 7.22. The number of rotatable bonds is 4. The lowest BCUT2D eigenvalue weighted by Crippen LogP contribution is -2.34. The number of carbonyl (C=O) groups excluding carboxylic acids is 1. The van der Waals surface area contributed by atoms with E-state index in [9.17, 15) is 4.79 Å². The molecule has 1 aliphatic heterocycles. The first-order valence-electron chi connectivity index (χ1n) is 7.47. The average molecular weight is 294 g/mol. The number of nitrogens with zero attached hydrogens (tertiary/aromatic N) is 3. The third-order valence-electron chi connectivity index (χ3n) is 3.78. The number of anilines is 1. The lowest BCUT2D eigenvalue weighted by atomic mass is 9.95. The Morgan fingerprint density at radius 3 is 2.48 bits per heavy atom. The summed E-state index contributed by atoms with van der Waals surface area (Å²) in [6, 6.07) is 0. The molecule has 0 radical (unpaired) electrons. The minimum Gasteiger partial charge on any atom is -0.480 e. The van der Waals surface area contributed by atoms with Crippen molar-refractivity contribution in [1.82, 2.24) is 15.1 Å².